The van der Waals surface area contributed by atoms with Gasteiger partial charge in [0.1, 0.15) is 11.6 Å². The summed E-state index contributed by atoms with van der Waals surface area (Å²) in [6.45, 7) is 4.73. The lowest BCUT2D eigenvalue weighted by Crippen LogP contribution is -2.35. The van der Waals surface area contributed by atoms with Crippen LogP contribution in [0.1, 0.15) is 28.3 Å². The molecule has 5 nitrogen and oxygen atoms in total. The number of aliphatic hydroxyl groups excluding tert-OH is 1. The van der Waals surface area contributed by atoms with Gasteiger partial charge in [-0.2, -0.15) is 0 Å². The van der Waals surface area contributed by atoms with E-state index in [1.54, 1.807) is 24.3 Å². The first-order valence-electron chi connectivity index (χ1n) is 9.47. The number of ketones is 1. The first-order chi connectivity index (χ1) is 13.7. The van der Waals surface area contributed by atoms with Crippen LogP contribution in [0.25, 0.3) is 5.76 Å². The molecule has 0 aliphatic carbocycles. The van der Waals surface area contributed by atoms with Gasteiger partial charge in [0.25, 0.3) is 11.7 Å². The Morgan fingerprint density at radius 3 is 2.31 bits per heavy atom. The standard InChI is InChI=1S/C23H25FN2O3/c1-14-5-6-17(13-15(14)2)21(27)19-20(16-7-9-18(24)10-8-16)26(12-11-25(3)4)23(29)22(19)28/h5-10,13,20,27H,11-12H2,1-4H3/b21-19-. The number of carbonyl (C=O) groups excluding carboxylic acids is 2. The molecular formula is C23H25FN2O3. The minimum absolute atomic E-state index is 0.0311. The van der Waals surface area contributed by atoms with E-state index in [0.717, 1.165) is 11.1 Å². The lowest BCUT2D eigenvalue weighted by atomic mass is 9.94. The summed E-state index contributed by atoms with van der Waals surface area (Å²) in [7, 11) is 3.75. The molecular weight excluding hydrogens is 371 g/mol. The number of likely N-dealkylation sites (tertiary alicyclic amines) is 1. The van der Waals surface area contributed by atoms with Gasteiger partial charge in [0, 0.05) is 18.7 Å². The fraction of sp³-hybridized carbons (Fsp3) is 0.304. The van der Waals surface area contributed by atoms with Crippen molar-refractivity contribution in [3.05, 3.63) is 76.1 Å². The number of hydrogen-bond acceptors (Lipinski definition) is 4. The first-order valence-corrected chi connectivity index (χ1v) is 9.47. The zero-order valence-corrected chi connectivity index (χ0v) is 17.1. The Balaban J connectivity index is 2.15. The molecule has 1 aliphatic heterocycles. The van der Waals surface area contributed by atoms with Crippen molar-refractivity contribution in [1.82, 2.24) is 9.80 Å². The van der Waals surface area contributed by atoms with Crippen molar-refractivity contribution in [2.24, 2.45) is 0 Å². The van der Waals surface area contributed by atoms with Crippen LogP contribution in [0.5, 0.6) is 0 Å². The molecule has 1 N–H and O–H groups in total. The van der Waals surface area contributed by atoms with E-state index in [-0.39, 0.29) is 11.3 Å². The normalized spacial score (nSPS) is 18.7. The van der Waals surface area contributed by atoms with Gasteiger partial charge in [-0.05, 0) is 62.8 Å². The van der Waals surface area contributed by atoms with Gasteiger partial charge >= 0.3 is 0 Å². The monoisotopic (exact) mass is 396 g/mol. The highest BCUT2D eigenvalue weighted by Gasteiger charge is 2.45. The quantitative estimate of drug-likeness (QED) is 0.478. The van der Waals surface area contributed by atoms with E-state index in [1.165, 1.54) is 17.0 Å². The number of hydrogen-bond donors (Lipinski definition) is 1. The molecule has 0 saturated carbocycles. The van der Waals surface area contributed by atoms with Crippen molar-refractivity contribution in [3.63, 3.8) is 0 Å². The predicted octanol–water partition coefficient (Wildman–Crippen LogP) is 3.43. The SMILES string of the molecule is Cc1ccc(/C(O)=C2/C(=O)C(=O)N(CCN(C)C)C2c2ccc(F)cc2)cc1C. The molecule has 1 heterocycles. The number of carbonyl (C=O) groups is 2. The van der Waals surface area contributed by atoms with Crippen molar-refractivity contribution >= 4 is 17.4 Å². The molecule has 6 heteroatoms. The van der Waals surface area contributed by atoms with Gasteiger partial charge in [-0.3, -0.25) is 9.59 Å². The second-order valence-electron chi connectivity index (χ2n) is 7.65. The van der Waals surface area contributed by atoms with E-state index in [9.17, 15) is 19.1 Å². The molecule has 1 unspecified atom stereocenters. The van der Waals surface area contributed by atoms with Gasteiger partial charge in [-0.15, -0.1) is 0 Å². The molecule has 29 heavy (non-hydrogen) atoms. The van der Waals surface area contributed by atoms with Gasteiger partial charge < -0.3 is 14.9 Å². The van der Waals surface area contributed by atoms with Gasteiger partial charge in [-0.1, -0.05) is 24.3 Å². The predicted molar refractivity (Wildman–Crippen MR) is 110 cm³/mol. The Morgan fingerprint density at radius 2 is 1.72 bits per heavy atom. The number of amides is 1. The fourth-order valence-electron chi connectivity index (χ4n) is 3.45. The highest BCUT2D eigenvalue weighted by Crippen LogP contribution is 2.39. The van der Waals surface area contributed by atoms with Gasteiger partial charge in [0.05, 0.1) is 11.6 Å². The Labute approximate surface area is 170 Å². The van der Waals surface area contributed by atoms with E-state index in [4.69, 9.17) is 0 Å². The number of aryl methyl sites for hydroxylation is 2. The molecule has 1 fully saturated rings. The molecule has 1 aliphatic rings. The molecule has 0 radical (unpaired) electrons. The molecule has 2 aromatic rings. The van der Waals surface area contributed by atoms with E-state index in [0.29, 0.717) is 24.2 Å². The van der Waals surface area contributed by atoms with Gasteiger partial charge in [0.2, 0.25) is 0 Å². The summed E-state index contributed by atoms with van der Waals surface area (Å²) >= 11 is 0. The van der Waals surface area contributed by atoms with Crippen LogP contribution in [0.3, 0.4) is 0 Å². The molecule has 0 spiro atoms. The second-order valence-corrected chi connectivity index (χ2v) is 7.65. The average molecular weight is 396 g/mol. The number of likely N-dealkylation sites (N-methyl/N-ethyl adjacent to an activating group) is 1. The summed E-state index contributed by atoms with van der Waals surface area (Å²) in [5.74, 6) is -2.01. The zero-order chi connectivity index (χ0) is 21.3. The Hall–Kier alpha value is -2.99. The summed E-state index contributed by atoms with van der Waals surface area (Å²) in [6, 6.07) is 10.3. The van der Waals surface area contributed by atoms with Crippen LogP contribution in [-0.4, -0.2) is 53.8 Å². The van der Waals surface area contributed by atoms with Crippen molar-refractivity contribution in [2.75, 3.05) is 27.2 Å². The zero-order valence-electron chi connectivity index (χ0n) is 17.1. The maximum Gasteiger partial charge on any atom is 0.295 e. The first kappa shape index (κ1) is 20.7. The van der Waals surface area contributed by atoms with E-state index in [1.807, 2.05) is 38.9 Å². The van der Waals surface area contributed by atoms with Crippen molar-refractivity contribution < 1.29 is 19.1 Å². The van der Waals surface area contributed by atoms with Crippen LogP contribution >= 0.6 is 0 Å². The van der Waals surface area contributed by atoms with Crippen LogP contribution in [0.4, 0.5) is 4.39 Å². The van der Waals surface area contributed by atoms with Crippen LogP contribution in [0.15, 0.2) is 48.0 Å². The van der Waals surface area contributed by atoms with Crippen LogP contribution < -0.4 is 0 Å². The van der Waals surface area contributed by atoms with E-state index >= 15 is 0 Å². The second kappa shape index (κ2) is 8.17. The molecule has 1 atom stereocenters. The number of nitrogens with zero attached hydrogens (tertiary/aromatic N) is 2. The Morgan fingerprint density at radius 1 is 1.07 bits per heavy atom. The topological polar surface area (TPSA) is 60.9 Å². The summed E-state index contributed by atoms with van der Waals surface area (Å²) in [4.78, 5) is 29.0. The summed E-state index contributed by atoms with van der Waals surface area (Å²) < 4.78 is 13.5. The minimum Gasteiger partial charge on any atom is -0.507 e. The summed E-state index contributed by atoms with van der Waals surface area (Å²) in [5, 5.41) is 11.0. The van der Waals surface area contributed by atoms with Gasteiger partial charge in [0.15, 0.2) is 0 Å². The number of Topliss-reactive ketones (excluding diaryl/α,β-unsaturated/α-hetero) is 1. The number of rotatable bonds is 5. The minimum atomic E-state index is -0.767. The lowest BCUT2D eigenvalue weighted by molar-refractivity contribution is -0.140. The van der Waals surface area contributed by atoms with Crippen molar-refractivity contribution in [2.45, 2.75) is 19.9 Å². The molecule has 3 rings (SSSR count). The highest BCUT2D eigenvalue weighted by molar-refractivity contribution is 6.46. The average Bonchev–Trinajstić information content (AvgIpc) is 2.93. The van der Waals surface area contributed by atoms with Crippen molar-refractivity contribution in [3.8, 4) is 0 Å². The number of aliphatic hydroxyl groups is 1. The molecule has 2 aromatic carbocycles. The molecule has 1 amide bonds. The molecule has 152 valence electrons. The summed E-state index contributed by atoms with van der Waals surface area (Å²) in [6.07, 6.45) is 0. The Bertz CT molecular complexity index is 980. The van der Waals surface area contributed by atoms with Crippen molar-refractivity contribution in [1.29, 1.82) is 0 Å². The van der Waals surface area contributed by atoms with Crippen LogP contribution in [-0.2, 0) is 9.59 Å². The third-order valence-electron chi connectivity index (χ3n) is 5.29. The smallest absolute Gasteiger partial charge is 0.295 e. The molecule has 0 bridgehead atoms. The number of benzene rings is 2. The van der Waals surface area contributed by atoms with Gasteiger partial charge in [-0.25, -0.2) is 4.39 Å². The fourth-order valence-corrected chi connectivity index (χ4v) is 3.45. The lowest BCUT2D eigenvalue weighted by Gasteiger charge is -2.26. The van der Waals surface area contributed by atoms with Crippen LogP contribution in [0.2, 0.25) is 0 Å². The largest absolute Gasteiger partial charge is 0.507 e. The third-order valence-corrected chi connectivity index (χ3v) is 5.29. The maximum absolute atomic E-state index is 13.5. The molecule has 0 aromatic heterocycles. The maximum atomic E-state index is 13.5. The van der Waals surface area contributed by atoms with Crippen LogP contribution in [0, 0.1) is 19.7 Å². The van der Waals surface area contributed by atoms with E-state index in [2.05, 4.69) is 0 Å². The third kappa shape index (κ3) is 4.07. The van der Waals surface area contributed by atoms with E-state index < -0.39 is 23.5 Å². The molecule has 1 saturated heterocycles. The number of halogens is 1. The summed E-state index contributed by atoms with van der Waals surface area (Å²) in [5.41, 5.74) is 3.11. The highest BCUT2D eigenvalue weighted by atomic mass is 19.1. The Kier molecular flexibility index (Phi) is 5.84.